The van der Waals surface area contributed by atoms with Crippen LogP contribution in [0.25, 0.3) is 0 Å². The molecule has 3 rings (SSSR count). The van der Waals surface area contributed by atoms with Crippen molar-refractivity contribution in [3.05, 3.63) is 53.3 Å². The molecule has 1 fully saturated rings. The van der Waals surface area contributed by atoms with Gasteiger partial charge >= 0.3 is 11.9 Å². The van der Waals surface area contributed by atoms with Crippen molar-refractivity contribution in [3.8, 4) is 11.5 Å². The molecule has 11 heteroatoms. The van der Waals surface area contributed by atoms with E-state index in [-0.39, 0.29) is 36.0 Å². The Morgan fingerprint density at radius 2 is 2.00 bits per heavy atom. The van der Waals surface area contributed by atoms with Crippen molar-refractivity contribution in [1.82, 2.24) is 4.90 Å². The molecule has 2 atom stereocenters. The Hall–Kier alpha value is -3.86. The van der Waals surface area contributed by atoms with Gasteiger partial charge in [-0.2, -0.15) is 0 Å². The standard InChI is InChI=1S/C24H29FN4O6/c1-2-34-17-10-18(22(24(32)33)28-15-7-5-14(6-8-15)23(26)27)21(25)19(11-17)35-16-4-3-9-29(12-16)13-20(30)31/h5-8,10-11,16,22,28H,2-4,9,12-13H2,1H3,(H3,26,27)(H,30,31)(H,32,33). The second-order valence-electron chi connectivity index (χ2n) is 8.18. The Morgan fingerprint density at radius 1 is 1.29 bits per heavy atom. The minimum absolute atomic E-state index is 0.131. The second-order valence-corrected chi connectivity index (χ2v) is 8.18. The summed E-state index contributed by atoms with van der Waals surface area (Å²) < 4.78 is 27.0. The number of amidine groups is 1. The maximum atomic E-state index is 15.6. The second kappa shape index (κ2) is 11.5. The predicted molar refractivity (Wildman–Crippen MR) is 127 cm³/mol. The Labute approximate surface area is 202 Å². The monoisotopic (exact) mass is 488 g/mol. The minimum Gasteiger partial charge on any atom is -0.494 e. The summed E-state index contributed by atoms with van der Waals surface area (Å²) in [5, 5.41) is 29.2. The number of likely N-dealkylation sites (tertiary alicyclic amines) is 1. The van der Waals surface area contributed by atoms with Crippen LogP contribution in [0.4, 0.5) is 10.1 Å². The van der Waals surface area contributed by atoms with Crippen molar-refractivity contribution >= 4 is 23.5 Å². The summed E-state index contributed by atoms with van der Waals surface area (Å²) in [5.74, 6) is -3.16. The molecule has 2 unspecified atom stereocenters. The molecule has 6 N–H and O–H groups in total. The lowest BCUT2D eigenvalue weighted by Crippen LogP contribution is -2.43. The van der Waals surface area contributed by atoms with Gasteiger partial charge in [0.05, 0.1) is 13.2 Å². The zero-order valence-electron chi connectivity index (χ0n) is 19.3. The third-order valence-electron chi connectivity index (χ3n) is 5.53. The fourth-order valence-corrected chi connectivity index (χ4v) is 3.95. The van der Waals surface area contributed by atoms with Crippen LogP contribution in [0, 0.1) is 11.2 Å². The number of anilines is 1. The third-order valence-corrected chi connectivity index (χ3v) is 5.53. The van der Waals surface area contributed by atoms with Crippen molar-refractivity contribution in [2.24, 2.45) is 5.73 Å². The summed E-state index contributed by atoms with van der Waals surface area (Å²) in [6.45, 7) is 2.80. The summed E-state index contributed by atoms with van der Waals surface area (Å²) in [6.07, 6.45) is 0.831. The average molecular weight is 489 g/mol. The molecule has 1 heterocycles. The molecule has 1 aliphatic heterocycles. The summed E-state index contributed by atoms with van der Waals surface area (Å²) in [6, 6.07) is 7.43. The van der Waals surface area contributed by atoms with Gasteiger partial charge in [0.15, 0.2) is 17.6 Å². The molecule has 2 aromatic carbocycles. The molecular weight excluding hydrogens is 459 g/mol. The molecule has 1 aliphatic rings. The Kier molecular flexibility index (Phi) is 8.48. The summed E-state index contributed by atoms with van der Waals surface area (Å²) in [7, 11) is 0. The summed E-state index contributed by atoms with van der Waals surface area (Å²) in [4.78, 5) is 24.9. The van der Waals surface area contributed by atoms with Gasteiger partial charge in [0.1, 0.15) is 17.7 Å². The lowest BCUT2D eigenvalue weighted by molar-refractivity contribution is -0.139. The maximum absolute atomic E-state index is 15.6. The van der Waals surface area contributed by atoms with Gasteiger partial charge in [-0.3, -0.25) is 15.1 Å². The number of nitrogens with two attached hydrogens (primary N) is 1. The lowest BCUT2D eigenvalue weighted by Gasteiger charge is -2.32. The van der Waals surface area contributed by atoms with Crippen molar-refractivity contribution in [2.45, 2.75) is 31.9 Å². The number of piperidine rings is 1. The number of carboxylic acids is 2. The molecule has 35 heavy (non-hydrogen) atoms. The first-order valence-electron chi connectivity index (χ1n) is 11.2. The Balaban J connectivity index is 1.90. The summed E-state index contributed by atoms with van der Waals surface area (Å²) >= 11 is 0. The molecule has 0 aromatic heterocycles. The van der Waals surface area contributed by atoms with Crippen LogP contribution in [0.2, 0.25) is 0 Å². The van der Waals surface area contributed by atoms with E-state index in [0.717, 1.165) is 0 Å². The van der Waals surface area contributed by atoms with Crippen molar-refractivity contribution in [3.63, 3.8) is 0 Å². The van der Waals surface area contributed by atoms with Gasteiger partial charge in [-0.1, -0.05) is 0 Å². The molecular formula is C24H29FN4O6. The van der Waals surface area contributed by atoms with E-state index < -0.39 is 29.9 Å². The predicted octanol–water partition coefficient (Wildman–Crippen LogP) is 2.67. The smallest absolute Gasteiger partial charge is 0.330 e. The van der Waals surface area contributed by atoms with Crippen molar-refractivity contribution < 1.29 is 33.7 Å². The van der Waals surface area contributed by atoms with E-state index in [0.29, 0.717) is 37.2 Å². The molecule has 0 aliphatic carbocycles. The number of aliphatic carboxylic acids is 2. The fraction of sp³-hybridized carbons (Fsp3) is 0.375. The highest BCUT2D eigenvalue weighted by atomic mass is 19.1. The number of hydrogen-bond acceptors (Lipinski definition) is 7. The van der Waals surface area contributed by atoms with E-state index in [2.05, 4.69) is 5.32 Å². The van der Waals surface area contributed by atoms with Gasteiger partial charge in [-0.05, 0) is 56.6 Å². The SMILES string of the molecule is CCOc1cc(OC2CCCN(CC(=O)O)C2)c(F)c(C(Nc2ccc(C(=N)N)cc2)C(=O)O)c1. The van der Waals surface area contributed by atoms with E-state index in [4.69, 9.17) is 25.7 Å². The van der Waals surface area contributed by atoms with Gasteiger partial charge in [0, 0.05) is 29.4 Å². The minimum atomic E-state index is -1.46. The van der Waals surface area contributed by atoms with Gasteiger partial charge in [-0.25, -0.2) is 9.18 Å². The topological polar surface area (TPSA) is 158 Å². The van der Waals surface area contributed by atoms with Gasteiger partial charge in [0.25, 0.3) is 0 Å². The number of nitrogens with one attached hydrogen (secondary N) is 2. The van der Waals surface area contributed by atoms with Crippen LogP contribution in [-0.2, 0) is 9.59 Å². The number of benzene rings is 2. The van der Waals surface area contributed by atoms with Crippen LogP contribution in [0.1, 0.15) is 36.9 Å². The van der Waals surface area contributed by atoms with E-state index in [1.165, 1.54) is 12.1 Å². The van der Waals surface area contributed by atoms with Crippen LogP contribution in [0.3, 0.4) is 0 Å². The highest BCUT2D eigenvalue weighted by Gasteiger charge is 2.29. The van der Waals surface area contributed by atoms with E-state index in [1.54, 1.807) is 36.1 Å². The van der Waals surface area contributed by atoms with Crippen molar-refractivity contribution in [2.75, 3.05) is 31.6 Å². The number of halogens is 1. The van der Waals surface area contributed by atoms with E-state index in [9.17, 15) is 14.7 Å². The number of carboxylic acid groups (broad SMARTS) is 2. The van der Waals surface area contributed by atoms with E-state index >= 15 is 4.39 Å². The summed E-state index contributed by atoms with van der Waals surface area (Å²) in [5.41, 5.74) is 6.14. The molecule has 0 spiro atoms. The first kappa shape index (κ1) is 25.8. The Morgan fingerprint density at radius 3 is 2.60 bits per heavy atom. The van der Waals surface area contributed by atoms with Crippen LogP contribution in [0.15, 0.2) is 36.4 Å². The molecule has 2 aromatic rings. The Bertz CT molecular complexity index is 1080. The van der Waals surface area contributed by atoms with Gasteiger partial charge in [-0.15, -0.1) is 0 Å². The molecule has 0 bridgehead atoms. The zero-order valence-corrected chi connectivity index (χ0v) is 19.3. The molecule has 0 amide bonds. The highest BCUT2D eigenvalue weighted by molar-refractivity contribution is 5.95. The number of ether oxygens (including phenoxy) is 2. The van der Waals surface area contributed by atoms with Crippen LogP contribution < -0.4 is 20.5 Å². The normalized spacial score (nSPS) is 16.8. The number of rotatable bonds is 11. The number of nitrogen functional groups attached to an aromatic ring is 1. The van der Waals surface area contributed by atoms with Gasteiger partial charge in [0.2, 0.25) is 0 Å². The van der Waals surface area contributed by atoms with Crippen LogP contribution >= 0.6 is 0 Å². The molecule has 1 saturated heterocycles. The number of nitrogens with zero attached hydrogens (tertiary/aromatic N) is 1. The number of carbonyl (C=O) groups is 2. The third kappa shape index (κ3) is 6.82. The molecule has 0 saturated carbocycles. The van der Waals surface area contributed by atoms with Crippen molar-refractivity contribution in [1.29, 1.82) is 5.41 Å². The van der Waals surface area contributed by atoms with Crippen LogP contribution in [-0.4, -0.2) is 65.2 Å². The average Bonchev–Trinajstić information content (AvgIpc) is 2.80. The quantitative estimate of drug-likeness (QED) is 0.237. The zero-order chi connectivity index (χ0) is 25.5. The fourth-order valence-electron chi connectivity index (χ4n) is 3.95. The molecule has 188 valence electrons. The first-order chi connectivity index (χ1) is 16.7. The van der Waals surface area contributed by atoms with E-state index in [1.807, 2.05) is 0 Å². The lowest BCUT2D eigenvalue weighted by atomic mass is 10.0. The van der Waals surface area contributed by atoms with Gasteiger partial charge < -0.3 is 30.7 Å². The first-order valence-corrected chi connectivity index (χ1v) is 11.2. The van der Waals surface area contributed by atoms with Crippen LogP contribution in [0.5, 0.6) is 11.5 Å². The largest absolute Gasteiger partial charge is 0.494 e. The highest BCUT2D eigenvalue weighted by Crippen LogP contribution is 2.34. The number of hydrogen-bond donors (Lipinski definition) is 5. The molecule has 10 nitrogen and oxygen atoms in total. The molecule has 0 radical (unpaired) electrons. The maximum Gasteiger partial charge on any atom is 0.330 e.